The van der Waals surface area contributed by atoms with Gasteiger partial charge in [-0.3, -0.25) is 4.98 Å². The molecule has 4 aromatic heterocycles. The van der Waals surface area contributed by atoms with Gasteiger partial charge in [0.15, 0.2) is 0 Å². The van der Waals surface area contributed by atoms with E-state index in [2.05, 4.69) is 20.4 Å². The van der Waals surface area contributed by atoms with E-state index in [4.69, 9.17) is 9.47 Å². The Labute approximate surface area is 239 Å². The van der Waals surface area contributed by atoms with E-state index in [1.54, 1.807) is 15.8 Å². The first-order chi connectivity index (χ1) is 19.9. The molecule has 0 aromatic carbocycles. The lowest BCUT2D eigenvalue weighted by Gasteiger charge is -2.33. The highest BCUT2D eigenvalue weighted by Gasteiger charge is 2.44. The highest BCUT2D eigenvalue weighted by Crippen LogP contribution is 2.39. The Bertz CT molecular complexity index is 1630. The van der Waals surface area contributed by atoms with Gasteiger partial charge in [0.1, 0.15) is 34.2 Å². The van der Waals surface area contributed by atoms with E-state index in [1.807, 2.05) is 33.8 Å². The van der Waals surface area contributed by atoms with Crippen LogP contribution >= 0.6 is 0 Å². The van der Waals surface area contributed by atoms with Crippen molar-refractivity contribution in [2.75, 3.05) is 13.1 Å². The number of rotatable bonds is 5. The first-order valence-corrected chi connectivity index (χ1v) is 13.3. The van der Waals surface area contributed by atoms with E-state index in [-0.39, 0.29) is 34.7 Å². The quantitative estimate of drug-likeness (QED) is 0.306. The number of likely N-dealkylation sites (tertiary alicyclic amines) is 1. The van der Waals surface area contributed by atoms with Gasteiger partial charge < -0.3 is 14.4 Å². The summed E-state index contributed by atoms with van der Waals surface area (Å²) in [5.41, 5.74) is 0.734. The number of hydrogen-bond acceptors (Lipinski definition) is 8. The number of amides is 1. The van der Waals surface area contributed by atoms with Crippen molar-refractivity contribution in [3.05, 3.63) is 59.8 Å². The molecular weight excluding hydrogens is 553 g/mol. The number of aromatic nitrogens is 6. The number of nitriles is 1. The number of alkyl halides is 3. The van der Waals surface area contributed by atoms with Gasteiger partial charge in [0.2, 0.25) is 6.10 Å². The minimum Gasteiger partial charge on any atom is -0.472 e. The predicted octanol–water partition coefficient (Wildman–Crippen LogP) is 5.42. The number of hydrogen-bond donors (Lipinski definition) is 0. The van der Waals surface area contributed by atoms with E-state index in [0.29, 0.717) is 42.9 Å². The average molecular weight is 583 g/mol. The molecular formula is C28H29F3N8O3. The normalized spacial score (nSPS) is 15.4. The molecule has 220 valence electrons. The van der Waals surface area contributed by atoms with Crippen LogP contribution in [0.1, 0.15) is 62.7 Å². The molecule has 42 heavy (non-hydrogen) atoms. The number of halogens is 3. The maximum atomic E-state index is 14.1. The third kappa shape index (κ3) is 5.86. The van der Waals surface area contributed by atoms with E-state index in [0.717, 1.165) is 0 Å². The zero-order chi connectivity index (χ0) is 30.2. The molecule has 11 nitrogen and oxygen atoms in total. The number of carbonyl (C=O) groups excluding carboxylic acids is 1. The van der Waals surface area contributed by atoms with Crippen molar-refractivity contribution >= 4 is 11.6 Å². The lowest BCUT2D eigenvalue weighted by atomic mass is 10.0. The van der Waals surface area contributed by atoms with Crippen LogP contribution < -0.4 is 4.74 Å². The zero-order valence-electron chi connectivity index (χ0n) is 23.5. The monoisotopic (exact) mass is 582 g/mol. The van der Waals surface area contributed by atoms with Crippen LogP contribution in [0.2, 0.25) is 0 Å². The smallest absolute Gasteiger partial charge is 0.431 e. The molecule has 1 aliphatic heterocycles. The molecule has 1 saturated heterocycles. The standard InChI is InChI=1S/C28H29F3N8O3/c1-17-23(35-36-39(17)20-8-11-37(12-9-20)26(40)42-27(2,3)4)18-13-22(24-19(14-32)15-34-38(24)16-18)41-25(28(29,30)31)21-7-5-6-10-33-21/h5-7,10,13,15-16,20,25H,8-9,11-12H2,1-4H3/t25-/m0/s1. The van der Waals surface area contributed by atoms with Crippen molar-refractivity contribution in [2.45, 2.75) is 64.5 Å². The topological polar surface area (TPSA) is 123 Å². The summed E-state index contributed by atoms with van der Waals surface area (Å²) in [6.07, 6.45) is -2.21. The van der Waals surface area contributed by atoms with E-state index >= 15 is 0 Å². The van der Waals surface area contributed by atoms with Gasteiger partial charge in [-0.05, 0) is 58.7 Å². The summed E-state index contributed by atoms with van der Waals surface area (Å²) in [7, 11) is 0. The summed E-state index contributed by atoms with van der Waals surface area (Å²) in [4.78, 5) is 18.0. The molecule has 0 radical (unpaired) electrons. The fourth-order valence-electron chi connectivity index (χ4n) is 4.91. The van der Waals surface area contributed by atoms with Gasteiger partial charge in [-0.1, -0.05) is 11.3 Å². The van der Waals surface area contributed by atoms with Crippen molar-refractivity contribution in [1.29, 1.82) is 5.26 Å². The summed E-state index contributed by atoms with van der Waals surface area (Å²) in [6, 6.07) is 7.49. The van der Waals surface area contributed by atoms with Gasteiger partial charge in [0, 0.05) is 31.0 Å². The third-order valence-electron chi connectivity index (χ3n) is 6.86. The van der Waals surface area contributed by atoms with Crippen LogP contribution in [-0.2, 0) is 4.74 Å². The predicted molar refractivity (Wildman–Crippen MR) is 143 cm³/mol. The van der Waals surface area contributed by atoms with E-state index in [1.165, 1.54) is 41.2 Å². The Hall–Kier alpha value is -4.67. The second-order valence-corrected chi connectivity index (χ2v) is 11.0. The minimum absolute atomic E-state index is 0.0435. The van der Waals surface area contributed by atoms with Crippen molar-refractivity contribution in [2.24, 2.45) is 0 Å². The molecule has 14 heteroatoms. The summed E-state index contributed by atoms with van der Waals surface area (Å²) in [5, 5.41) is 22.4. The minimum atomic E-state index is -4.79. The molecule has 0 bridgehead atoms. The molecule has 5 rings (SSSR count). The maximum Gasteiger partial charge on any atom is 0.431 e. The average Bonchev–Trinajstić information content (AvgIpc) is 3.53. The number of pyridine rings is 2. The summed E-state index contributed by atoms with van der Waals surface area (Å²) >= 11 is 0. The molecule has 4 aromatic rings. The Morgan fingerprint density at radius 1 is 1.19 bits per heavy atom. The molecule has 1 amide bonds. The van der Waals surface area contributed by atoms with Crippen molar-refractivity contribution in [1.82, 2.24) is 34.5 Å². The van der Waals surface area contributed by atoms with Gasteiger partial charge in [0.25, 0.3) is 0 Å². The van der Waals surface area contributed by atoms with Crippen molar-refractivity contribution < 1.29 is 27.4 Å². The van der Waals surface area contributed by atoms with Crippen LogP contribution in [0.15, 0.2) is 42.9 Å². The second-order valence-electron chi connectivity index (χ2n) is 11.0. The number of fused-ring (bicyclic) bond motifs is 1. The Morgan fingerprint density at radius 3 is 2.55 bits per heavy atom. The van der Waals surface area contributed by atoms with E-state index < -0.39 is 17.9 Å². The van der Waals surface area contributed by atoms with Gasteiger partial charge in [-0.2, -0.15) is 23.5 Å². The lowest BCUT2D eigenvalue weighted by molar-refractivity contribution is -0.198. The van der Waals surface area contributed by atoms with Crippen LogP contribution in [0, 0.1) is 18.3 Å². The summed E-state index contributed by atoms with van der Waals surface area (Å²) < 4.78 is 56.5. The van der Waals surface area contributed by atoms with Crippen LogP contribution in [0.4, 0.5) is 18.0 Å². The molecule has 0 aliphatic carbocycles. The van der Waals surface area contributed by atoms with Crippen molar-refractivity contribution in [3.63, 3.8) is 0 Å². The van der Waals surface area contributed by atoms with E-state index in [9.17, 15) is 23.2 Å². The first kappa shape index (κ1) is 28.8. The summed E-state index contributed by atoms with van der Waals surface area (Å²) in [6.45, 7) is 8.23. The fourth-order valence-corrected chi connectivity index (χ4v) is 4.91. The second kappa shape index (κ2) is 11.0. The number of ether oxygens (including phenoxy) is 2. The maximum absolute atomic E-state index is 14.1. The Morgan fingerprint density at radius 2 is 1.93 bits per heavy atom. The fraction of sp³-hybridized carbons (Fsp3) is 0.429. The molecule has 5 heterocycles. The molecule has 0 N–H and O–H groups in total. The van der Waals surface area contributed by atoms with Gasteiger partial charge in [0.05, 0.1) is 23.6 Å². The van der Waals surface area contributed by atoms with Crippen LogP contribution in [-0.4, -0.2) is 65.5 Å². The number of nitrogens with zero attached hydrogens (tertiary/aromatic N) is 8. The zero-order valence-corrected chi connectivity index (χ0v) is 23.5. The summed E-state index contributed by atoms with van der Waals surface area (Å²) in [5.74, 6) is -0.200. The highest BCUT2D eigenvalue weighted by atomic mass is 19.4. The molecule has 1 fully saturated rings. The van der Waals surface area contributed by atoms with Crippen LogP contribution in [0.5, 0.6) is 5.75 Å². The molecule has 1 atom stereocenters. The number of carbonyl (C=O) groups is 1. The molecule has 1 aliphatic rings. The molecule has 0 spiro atoms. The third-order valence-corrected chi connectivity index (χ3v) is 6.86. The van der Waals surface area contributed by atoms with Gasteiger partial charge in [-0.15, -0.1) is 5.10 Å². The van der Waals surface area contributed by atoms with Gasteiger partial charge >= 0.3 is 12.3 Å². The highest BCUT2D eigenvalue weighted by molar-refractivity contribution is 5.75. The van der Waals surface area contributed by atoms with Crippen LogP contribution in [0.3, 0.4) is 0 Å². The Kier molecular flexibility index (Phi) is 7.53. The lowest BCUT2D eigenvalue weighted by Crippen LogP contribution is -2.42. The van der Waals surface area contributed by atoms with Gasteiger partial charge in [-0.25, -0.2) is 14.0 Å². The molecule has 0 unspecified atom stereocenters. The SMILES string of the molecule is Cc1c(-c2cc(O[C@@H](c3ccccn3)C(F)(F)F)c3c(C#N)cnn3c2)nnn1C1CCN(C(=O)OC(C)(C)C)CC1. The first-order valence-electron chi connectivity index (χ1n) is 13.3. The number of piperidine rings is 1. The Balaban J connectivity index is 1.46. The largest absolute Gasteiger partial charge is 0.472 e. The molecule has 0 saturated carbocycles. The van der Waals surface area contributed by atoms with Crippen LogP contribution in [0.25, 0.3) is 16.8 Å². The van der Waals surface area contributed by atoms with Crippen molar-refractivity contribution in [3.8, 4) is 23.1 Å².